The summed E-state index contributed by atoms with van der Waals surface area (Å²) >= 11 is 0. The molecule has 0 bridgehead atoms. The van der Waals surface area contributed by atoms with Gasteiger partial charge in [-0.3, -0.25) is 14.7 Å². The highest BCUT2D eigenvalue weighted by Gasteiger charge is 2.26. The number of rotatable bonds is 5. The molecule has 172 valence electrons. The second-order valence-corrected chi connectivity index (χ2v) is 7.88. The number of amides is 1. The Labute approximate surface area is 188 Å². The fourth-order valence-electron chi connectivity index (χ4n) is 3.71. The first-order valence-electron chi connectivity index (χ1n) is 10.5. The van der Waals surface area contributed by atoms with Crippen LogP contribution in [0.4, 0.5) is 4.39 Å². The van der Waals surface area contributed by atoms with Gasteiger partial charge in [-0.1, -0.05) is 18.2 Å². The number of halogens is 1. The van der Waals surface area contributed by atoms with Crippen molar-refractivity contribution in [2.75, 3.05) is 13.2 Å². The zero-order valence-corrected chi connectivity index (χ0v) is 17.9. The molecular formula is C23H23FN4O5. The van der Waals surface area contributed by atoms with Crippen molar-refractivity contribution in [2.24, 2.45) is 7.05 Å². The van der Waals surface area contributed by atoms with Crippen molar-refractivity contribution in [2.45, 2.75) is 31.2 Å². The average molecular weight is 454 g/mol. The van der Waals surface area contributed by atoms with Crippen LogP contribution in [0.25, 0.3) is 22.2 Å². The lowest BCUT2D eigenvalue weighted by molar-refractivity contribution is -0.132. The van der Waals surface area contributed by atoms with Crippen molar-refractivity contribution in [1.82, 2.24) is 15.2 Å². The molecule has 0 spiro atoms. The van der Waals surface area contributed by atoms with E-state index in [2.05, 4.69) is 10.6 Å². The SMILES string of the molecule is Cn1c(=O)oc2ccc(-c3ccc(C[C@@H](C#N)NC(=O)[C@@H]4CNC(O)CCO4)c(F)c3)cc21. The number of aryl methyl sites for hydroxylation is 1. The fraction of sp³-hybridized carbons (Fsp3) is 0.348. The van der Waals surface area contributed by atoms with Gasteiger partial charge in [0.15, 0.2) is 5.58 Å². The molecule has 0 saturated carbocycles. The normalized spacial score (nSPS) is 19.6. The number of ether oxygens (including phenoxy) is 1. The molecule has 3 atom stereocenters. The van der Waals surface area contributed by atoms with Gasteiger partial charge in [0.25, 0.3) is 5.91 Å². The Hall–Kier alpha value is -3.52. The lowest BCUT2D eigenvalue weighted by Gasteiger charge is -2.18. The van der Waals surface area contributed by atoms with Crippen LogP contribution in [0.2, 0.25) is 0 Å². The molecule has 3 aromatic rings. The van der Waals surface area contributed by atoms with Gasteiger partial charge in [0.05, 0.1) is 18.2 Å². The summed E-state index contributed by atoms with van der Waals surface area (Å²) in [5, 5.41) is 24.4. The van der Waals surface area contributed by atoms with Crippen LogP contribution in [0, 0.1) is 17.1 Å². The molecule has 1 aliphatic heterocycles. The number of hydrogen-bond donors (Lipinski definition) is 3. The number of nitriles is 1. The maximum Gasteiger partial charge on any atom is 0.419 e. The van der Waals surface area contributed by atoms with E-state index in [1.54, 1.807) is 37.4 Å². The molecule has 4 rings (SSSR count). The van der Waals surface area contributed by atoms with Crippen LogP contribution < -0.4 is 16.4 Å². The van der Waals surface area contributed by atoms with Gasteiger partial charge in [-0.25, -0.2) is 9.18 Å². The fourth-order valence-corrected chi connectivity index (χ4v) is 3.71. The number of nitrogens with zero attached hydrogens (tertiary/aromatic N) is 2. The molecule has 2 aromatic carbocycles. The first-order valence-corrected chi connectivity index (χ1v) is 10.5. The summed E-state index contributed by atoms with van der Waals surface area (Å²) in [4.78, 5) is 24.1. The molecule has 1 amide bonds. The van der Waals surface area contributed by atoms with E-state index < -0.39 is 35.9 Å². The van der Waals surface area contributed by atoms with Crippen molar-refractivity contribution < 1.29 is 23.4 Å². The molecular weight excluding hydrogens is 431 g/mol. The first-order chi connectivity index (χ1) is 15.9. The Balaban J connectivity index is 1.47. The standard InChI is InChI=1S/C23H23FN4O5/c1-28-18-10-14(4-5-19(18)33-23(28)31)13-2-3-15(17(24)9-13)8-16(11-25)27-22(30)20-12-26-21(29)6-7-32-20/h2-5,9-10,16,20-21,26,29H,6-8,12H2,1H3,(H,27,30)/t16-,20-,21?/m0/s1. The van der Waals surface area contributed by atoms with E-state index in [4.69, 9.17) is 9.15 Å². The molecule has 3 N–H and O–H groups in total. The van der Waals surface area contributed by atoms with Crippen LogP contribution in [0.3, 0.4) is 0 Å². The van der Waals surface area contributed by atoms with E-state index in [0.29, 0.717) is 28.6 Å². The van der Waals surface area contributed by atoms with Gasteiger partial charge in [-0.2, -0.15) is 5.26 Å². The number of carbonyl (C=O) groups is 1. The number of aliphatic hydroxyl groups excluding tert-OH is 1. The summed E-state index contributed by atoms with van der Waals surface area (Å²) in [6.45, 7) is 0.319. The van der Waals surface area contributed by atoms with E-state index in [1.165, 1.54) is 10.6 Å². The Bertz CT molecular complexity index is 1280. The lowest BCUT2D eigenvalue weighted by atomic mass is 10.00. The number of oxazole rings is 1. The Kier molecular flexibility index (Phi) is 6.55. The van der Waals surface area contributed by atoms with E-state index in [9.17, 15) is 24.3 Å². The minimum absolute atomic E-state index is 0.0214. The van der Waals surface area contributed by atoms with Crippen LogP contribution in [-0.4, -0.2) is 47.1 Å². The maximum atomic E-state index is 14.9. The number of aliphatic hydroxyl groups is 1. The number of fused-ring (bicyclic) bond motifs is 1. The smallest absolute Gasteiger partial charge is 0.408 e. The number of aromatic nitrogens is 1. The summed E-state index contributed by atoms with van der Waals surface area (Å²) in [7, 11) is 1.59. The Morgan fingerprint density at radius 2 is 2.12 bits per heavy atom. The summed E-state index contributed by atoms with van der Waals surface area (Å²) in [5.74, 6) is -1.49. The summed E-state index contributed by atoms with van der Waals surface area (Å²) < 4.78 is 26.8. The van der Waals surface area contributed by atoms with Crippen LogP contribution in [0.15, 0.2) is 45.6 Å². The third-order valence-corrected chi connectivity index (χ3v) is 5.62. The quantitative estimate of drug-likeness (QED) is 0.528. The van der Waals surface area contributed by atoms with Crippen LogP contribution in [0.5, 0.6) is 0 Å². The van der Waals surface area contributed by atoms with Gasteiger partial charge in [-0.15, -0.1) is 0 Å². The molecule has 10 heteroatoms. The average Bonchev–Trinajstić information content (AvgIpc) is 2.95. The van der Waals surface area contributed by atoms with Crippen molar-refractivity contribution in [1.29, 1.82) is 5.26 Å². The second-order valence-electron chi connectivity index (χ2n) is 7.88. The molecule has 1 aliphatic rings. The zero-order valence-electron chi connectivity index (χ0n) is 17.9. The molecule has 0 aliphatic carbocycles. The third kappa shape index (κ3) is 4.96. The highest BCUT2D eigenvalue weighted by atomic mass is 19.1. The van der Waals surface area contributed by atoms with Crippen molar-refractivity contribution in [3.63, 3.8) is 0 Å². The molecule has 0 radical (unpaired) electrons. The summed E-state index contributed by atoms with van der Waals surface area (Å²) in [5.41, 5.74) is 2.61. The van der Waals surface area contributed by atoms with E-state index in [-0.39, 0.29) is 25.1 Å². The minimum atomic E-state index is -0.952. The highest BCUT2D eigenvalue weighted by Crippen LogP contribution is 2.26. The largest absolute Gasteiger partial charge is 0.419 e. The molecule has 1 fully saturated rings. The molecule has 9 nitrogen and oxygen atoms in total. The molecule has 1 unspecified atom stereocenters. The number of carbonyl (C=O) groups excluding carboxylic acids is 1. The van der Waals surface area contributed by atoms with E-state index >= 15 is 0 Å². The third-order valence-electron chi connectivity index (χ3n) is 5.62. The molecule has 2 heterocycles. The number of nitrogens with one attached hydrogen (secondary N) is 2. The topological polar surface area (TPSA) is 130 Å². The Morgan fingerprint density at radius 1 is 1.36 bits per heavy atom. The predicted octanol–water partition coefficient (Wildman–Crippen LogP) is 1.19. The van der Waals surface area contributed by atoms with Gasteiger partial charge >= 0.3 is 5.76 Å². The van der Waals surface area contributed by atoms with Crippen molar-refractivity contribution in [3.05, 3.63) is 58.3 Å². The van der Waals surface area contributed by atoms with Crippen molar-refractivity contribution >= 4 is 17.0 Å². The van der Waals surface area contributed by atoms with E-state index in [0.717, 1.165) is 0 Å². The number of hydrogen-bond acceptors (Lipinski definition) is 7. The molecule has 1 saturated heterocycles. The monoisotopic (exact) mass is 454 g/mol. The highest BCUT2D eigenvalue weighted by molar-refractivity contribution is 5.82. The van der Waals surface area contributed by atoms with E-state index in [1.807, 2.05) is 6.07 Å². The van der Waals surface area contributed by atoms with Gasteiger partial charge in [-0.05, 0) is 34.9 Å². The summed E-state index contributed by atoms with van der Waals surface area (Å²) in [6, 6.07) is 10.8. The zero-order chi connectivity index (χ0) is 23.5. The molecule has 33 heavy (non-hydrogen) atoms. The van der Waals surface area contributed by atoms with Gasteiger partial charge in [0, 0.05) is 26.4 Å². The first kappa shape index (κ1) is 22.7. The number of benzene rings is 2. The van der Waals surface area contributed by atoms with Crippen LogP contribution >= 0.6 is 0 Å². The van der Waals surface area contributed by atoms with Gasteiger partial charge in [0.1, 0.15) is 24.2 Å². The van der Waals surface area contributed by atoms with Gasteiger partial charge < -0.3 is 19.6 Å². The maximum absolute atomic E-state index is 14.9. The van der Waals surface area contributed by atoms with Crippen LogP contribution in [0.1, 0.15) is 12.0 Å². The molecule has 1 aromatic heterocycles. The second kappa shape index (κ2) is 9.54. The Morgan fingerprint density at radius 3 is 2.88 bits per heavy atom. The summed E-state index contributed by atoms with van der Waals surface area (Å²) in [6.07, 6.45) is -1.26. The predicted molar refractivity (Wildman–Crippen MR) is 116 cm³/mol. The lowest BCUT2D eigenvalue weighted by Crippen LogP contribution is -2.46. The van der Waals surface area contributed by atoms with Gasteiger partial charge in [0.2, 0.25) is 0 Å². The minimum Gasteiger partial charge on any atom is -0.408 e. The van der Waals surface area contributed by atoms with Crippen molar-refractivity contribution in [3.8, 4) is 17.2 Å². The van der Waals surface area contributed by atoms with Crippen LogP contribution in [-0.2, 0) is 23.0 Å².